The van der Waals surface area contributed by atoms with Gasteiger partial charge >= 0.3 is 6.09 Å². The molecule has 2 aromatic rings. The number of morpholine rings is 1. The maximum atomic E-state index is 13.3. The second-order valence-corrected chi connectivity index (χ2v) is 6.94. The van der Waals surface area contributed by atoms with Crippen LogP contribution in [0.5, 0.6) is 5.75 Å². The third-order valence-corrected chi connectivity index (χ3v) is 4.59. The zero-order valence-electron chi connectivity index (χ0n) is 16.6. The van der Waals surface area contributed by atoms with Crippen LogP contribution >= 0.6 is 0 Å². The molecule has 0 bridgehead atoms. The number of carbonyl (C=O) groups is 1. The van der Waals surface area contributed by atoms with Crippen LogP contribution in [0.4, 0.5) is 19.4 Å². The average Bonchev–Trinajstić information content (AvgIpc) is 2.69. The zero-order valence-corrected chi connectivity index (χ0v) is 16.6. The molecule has 0 unspecified atom stereocenters. The van der Waals surface area contributed by atoms with Crippen LogP contribution in [-0.2, 0) is 17.7 Å². The van der Waals surface area contributed by atoms with Crippen molar-refractivity contribution in [1.82, 2.24) is 10.3 Å². The van der Waals surface area contributed by atoms with Gasteiger partial charge in [-0.2, -0.15) is 0 Å². The molecule has 156 valence electrons. The lowest BCUT2D eigenvalue weighted by Gasteiger charge is -2.29. The topological polar surface area (TPSA) is 63.7 Å². The Morgan fingerprint density at radius 1 is 1.21 bits per heavy atom. The van der Waals surface area contributed by atoms with Crippen LogP contribution in [0, 0.1) is 18.6 Å². The predicted molar refractivity (Wildman–Crippen MR) is 105 cm³/mol. The van der Waals surface area contributed by atoms with Gasteiger partial charge in [0.2, 0.25) is 0 Å². The molecule has 1 N–H and O–H groups in total. The SMILES string of the molecule is CCCc1nc(N2CCOCC2)cc(C)c1OC(=O)NCc1cc(F)cc(F)c1. The lowest BCUT2D eigenvalue weighted by molar-refractivity contribution is 0.122. The molecule has 2 heterocycles. The third kappa shape index (κ3) is 5.63. The Kier molecular flexibility index (Phi) is 6.98. The minimum absolute atomic E-state index is 0.0467. The van der Waals surface area contributed by atoms with E-state index in [1.54, 1.807) is 0 Å². The highest BCUT2D eigenvalue weighted by Crippen LogP contribution is 2.28. The largest absolute Gasteiger partial charge is 0.412 e. The molecular formula is C21H25F2N3O3. The quantitative estimate of drug-likeness (QED) is 0.793. The fourth-order valence-corrected chi connectivity index (χ4v) is 3.22. The fourth-order valence-electron chi connectivity index (χ4n) is 3.22. The number of anilines is 1. The normalized spacial score (nSPS) is 14.0. The summed E-state index contributed by atoms with van der Waals surface area (Å²) in [4.78, 5) is 19.1. The highest BCUT2D eigenvalue weighted by molar-refractivity contribution is 5.71. The molecule has 1 aromatic carbocycles. The highest BCUT2D eigenvalue weighted by atomic mass is 19.1. The fraction of sp³-hybridized carbons (Fsp3) is 0.429. The first-order valence-corrected chi connectivity index (χ1v) is 9.70. The number of hydrogen-bond donors (Lipinski definition) is 1. The van der Waals surface area contributed by atoms with Crippen LogP contribution in [0.3, 0.4) is 0 Å². The van der Waals surface area contributed by atoms with Crippen molar-refractivity contribution in [2.75, 3.05) is 31.2 Å². The highest BCUT2D eigenvalue weighted by Gasteiger charge is 2.19. The number of nitrogens with zero attached hydrogens (tertiary/aromatic N) is 2. The summed E-state index contributed by atoms with van der Waals surface area (Å²) in [6, 6.07) is 5.00. The lowest BCUT2D eigenvalue weighted by atomic mass is 10.1. The molecule has 1 aromatic heterocycles. The Balaban J connectivity index is 1.71. The molecule has 1 fully saturated rings. The molecule has 3 rings (SSSR count). The van der Waals surface area contributed by atoms with E-state index in [1.165, 1.54) is 0 Å². The van der Waals surface area contributed by atoms with E-state index in [0.29, 0.717) is 36.6 Å². The van der Waals surface area contributed by atoms with E-state index in [1.807, 2.05) is 19.9 Å². The van der Waals surface area contributed by atoms with Gasteiger partial charge < -0.3 is 19.7 Å². The van der Waals surface area contributed by atoms with Crippen molar-refractivity contribution >= 4 is 11.9 Å². The van der Waals surface area contributed by atoms with Crippen LogP contribution in [0.25, 0.3) is 0 Å². The van der Waals surface area contributed by atoms with E-state index in [4.69, 9.17) is 14.5 Å². The molecular weight excluding hydrogens is 380 g/mol. The van der Waals surface area contributed by atoms with Crippen LogP contribution < -0.4 is 15.0 Å². The van der Waals surface area contributed by atoms with E-state index in [0.717, 1.165) is 49.1 Å². The Labute approximate surface area is 168 Å². The number of carbonyl (C=O) groups excluding carboxylic acids is 1. The Morgan fingerprint density at radius 3 is 2.55 bits per heavy atom. The summed E-state index contributed by atoms with van der Waals surface area (Å²) in [6.07, 6.45) is 0.812. The third-order valence-electron chi connectivity index (χ3n) is 4.59. The Bertz CT molecular complexity index is 850. The van der Waals surface area contributed by atoms with Crippen molar-refractivity contribution in [1.29, 1.82) is 0 Å². The van der Waals surface area contributed by atoms with E-state index in [9.17, 15) is 13.6 Å². The number of ether oxygens (including phenoxy) is 2. The zero-order chi connectivity index (χ0) is 20.8. The molecule has 6 nitrogen and oxygen atoms in total. The second-order valence-electron chi connectivity index (χ2n) is 6.94. The van der Waals surface area contributed by atoms with Crippen molar-refractivity contribution in [2.45, 2.75) is 33.2 Å². The summed E-state index contributed by atoms with van der Waals surface area (Å²) in [7, 11) is 0. The van der Waals surface area contributed by atoms with Gasteiger partial charge in [-0.15, -0.1) is 0 Å². The molecule has 1 saturated heterocycles. The van der Waals surface area contributed by atoms with Gasteiger partial charge in [0.1, 0.15) is 17.5 Å². The van der Waals surface area contributed by atoms with Gasteiger partial charge in [-0.05, 0) is 42.7 Å². The summed E-state index contributed by atoms with van der Waals surface area (Å²) in [5.74, 6) is -0.123. The Hall–Kier alpha value is -2.74. The van der Waals surface area contributed by atoms with Crippen molar-refractivity contribution < 1.29 is 23.0 Å². The van der Waals surface area contributed by atoms with Crippen LogP contribution in [0.1, 0.15) is 30.2 Å². The van der Waals surface area contributed by atoms with E-state index in [-0.39, 0.29) is 6.54 Å². The summed E-state index contributed by atoms with van der Waals surface area (Å²) in [6.45, 7) is 6.70. The summed E-state index contributed by atoms with van der Waals surface area (Å²) < 4.78 is 37.5. The number of aryl methyl sites for hydroxylation is 2. The van der Waals surface area contributed by atoms with Crippen molar-refractivity contribution in [3.63, 3.8) is 0 Å². The average molecular weight is 405 g/mol. The molecule has 1 aliphatic heterocycles. The van der Waals surface area contributed by atoms with E-state index >= 15 is 0 Å². The van der Waals surface area contributed by atoms with Crippen LogP contribution in [0.2, 0.25) is 0 Å². The second kappa shape index (κ2) is 9.65. The lowest BCUT2D eigenvalue weighted by Crippen LogP contribution is -2.37. The molecule has 0 saturated carbocycles. The van der Waals surface area contributed by atoms with Gasteiger partial charge in [0, 0.05) is 25.7 Å². The number of halogens is 2. The number of amides is 1. The minimum Gasteiger partial charge on any atom is -0.408 e. The van der Waals surface area contributed by atoms with Gasteiger partial charge in [-0.1, -0.05) is 13.3 Å². The van der Waals surface area contributed by atoms with Crippen LogP contribution in [0.15, 0.2) is 24.3 Å². The van der Waals surface area contributed by atoms with Gasteiger partial charge in [-0.25, -0.2) is 18.6 Å². The van der Waals surface area contributed by atoms with E-state index in [2.05, 4.69) is 10.2 Å². The molecule has 29 heavy (non-hydrogen) atoms. The number of nitrogens with one attached hydrogen (secondary N) is 1. The summed E-state index contributed by atoms with van der Waals surface area (Å²) >= 11 is 0. The molecule has 0 aliphatic carbocycles. The number of aromatic nitrogens is 1. The molecule has 1 aliphatic rings. The minimum atomic E-state index is -0.698. The van der Waals surface area contributed by atoms with Crippen molar-refractivity contribution in [3.8, 4) is 5.75 Å². The van der Waals surface area contributed by atoms with Gasteiger partial charge in [-0.3, -0.25) is 0 Å². The predicted octanol–water partition coefficient (Wildman–Crippen LogP) is 3.75. The first-order valence-electron chi connectivity index (χ1n) is 9.70. The van der Waals surface area contributed by atoms with Gasteiger partial charge in [0.15, 0.2) is 5.75 Å². The summed E-state index contributed by atoms with van der Waals surface area (Å²) in [5, 5.41) is 2.53. The van der Waals surface area contributed by atoms with E-state index < -0.39 is 17.7 Å². The van der Waals surface area contributed by atoms with Gasteiger partial charge in [0.25, 0.3) is 0 Å². The van der Waals surface area contributed by atoms with Gasteiger partial charge in [0.05, 0.1) is 18.9 Å². The van der Waals surface area contributed by atoms with Crippen molar-refractivity contribution in [2.24, 2.45) is 0 Å². The smallest absolute Gasteiger partial charge is 0.408 e. The molecule has 0 atom stereocenters. The monoisotopic (exact) mass is 405 g/mol. The molecule has 1 amide bonds. The standard InChI is InChI=1S/C21H25F2N3O3/c1-3-4-18-20(14(2)9-19(25-18)26-5-7-28-8-6-26)29-21(27)24-13-15-10-16(22)12-17(23)11-15/h9-12H,3-8,13H2,1-2H3,(H,24,27). The first-order chi connectivity index (χ1) is 14.0. The number of hydrogen-bond acceptors (Lipinski definition) is 5. The Morgan fingerprint density at radius 2 is 1.90 bits per heavy atom. The summed E-state index contributed by atoms with van der Waals surface area (Å²) in [5.41, 5.74) is 1.82. The molecule has 0 radical (unpaired) electrons. The van der Waals surface area contributed by atoms with Crippen molar-refractivity contribution in [3.05, 3.63) is 52.7 Å². The maximum Gasteiger partial charge on any atom is 0.412 e. The number of rotatable bonds is 6. The first kappa shape index (κ1) is 21.0. The number of benzene rings is 1. The maximum absolute atomic E-state index is 13.3. The number of pyridine rings is 1. The molecule has 0 spiro atoms. The molecule has 8 heteroatoms. The van der Waals surface area contributed by atoms with Crippen LogP contribution in [-0.4, -0.2) is 37.4 Å².